The third-order valence-corrected chi connectivity index (χ3v) is 2.97. The Labute approximate surface area is 107 Å². The van der Waals surface area contributed by atoms with Gasteiger partial charge in [0.05, 0.1) is 18.6 Å². The van der Waals surface area contributed by atoms with Crippen molar-refractivity contribution in [1.82, 2.24) is 9.55 Å². The first-order valence-electron chi connectivity index (χ1n) is 6.10. The number of benzene rings is 1. The Morgan fingerprint density at radius 1 is 1.39 bits per heavy atom. The molecule has 1 heterocycles. The van der Waals surface area contributed by atoms with Gasteiger partial charge in [0.15, 0.2) is 0 Å². The molecule has 1 aromatic heterocycles. The normalized spacial score (nSPS) is 12.9. The summed E-state index contributed by atoms with van der Waals surface area (Å²) in [5.74, 6) is 0. The molecule has 0 aliphatic carbocycles. The molecular weight excluding hydrogens is 226 g/mol. The molecule has 18 heavy (non-hydrogen) atoms. The number of nitrogens with zero attached hydrogens (tertiary/aromatic N) is 3. The SMILES string of the molecule is CCCC(c1ccc(C=NO)cc1)n1ccnc1. The van der Waals surface area contributed by atoms with Crippen LogP contribution in [0.25, 0.3) is 0 Å². The Kier molecular flexibility index (Phi) is 4.12. The minimum absolute atomic E-state index is 0.317. The number of rotatable bonds is 5. The Hall–Kier alpha value is -2.10. The molecule has 0 saturated carbocycles. The van der Waals surface area contributed by atoms with Crippen molar-refractivity contribution in [2.24, 2.45) is 5.16 Å². The molecule has 0 bridgehead atoms. The van der Waals surface area contributed by atoms with Crippen molar-refractivity contribution < 1.29 is 5.21 Å². The molecule has 0 saturated heterocycles. The van der Waals surface area contributed by atoms with E-state index in [4.69, 9.17) is 5.21 Å². The first-order valence-corrected chi connectivity index (χ1v) is 6.10. The van der Waals surface area contributed by atoms with Gasteiger partial charge < -0.3 is 9.77 Å². The van der Waals surface area contributed by atoms with Gasteiger partial charge in [-0.25, -0.2) is 4.98 Å². The quantitative estimate of drug-likeness (QED) is 0.498. The molecule has 4 heteroatoms. The largest absolute Gasteiger partial charge is 0.411 e. The number of aromatic nitrogens is 2. The first-order chi connectivity index (χ1) is 8.85. The molecule has 1 unspecified atom stereocenters. The van der Waals surface area contributed by atoms with Gasteiger partial charge in [0.2, 0.25) is 0 Å². The summed E-state index contributed by atoms with van der Waals surface area (Å²) in [6.07, 6.45) is 9.25. The first kappa shape index (κ1) is 12.4. The highest BCUT2D eigenvalue weighted by Gasteiger charge is 2.11. The highest BCUT2D eigenvalue weighted by Crippen LogP contribution is 2.23. The molecule has 1 N–H and O–H groups in total. The van der Waals surface area contributed by atoms with Gasteiger partial charge in [-0.1, -0.05) is 42.8 Å². The number of imidazole rings is 1. The summed E-state index contributed by atoms with van der Waals surface area (Å²) >= 11 is 0. The molecule has 1 atom stereocenters. The van der Waals surface area contributed by atoms with Crippen LogP contribution >= 0.6 is 0 Å². The summed E-state index contributed by atoms with van der Waals surface area (Å²) in [5, 5.41) is 11.5. The summed E-state index contributed by atoms with van der Waals surface area (Å²) in [5.41, 5.74) is 2.13. The lowest BCUT2D eigenvalue weighted by Gasteiger charge is -2.18. The maximum absolute atomic E-state index is 8.49. The van der Waals surface area contributed by atoms with Gasteiger partial charge in [-0.05, 0) is 17.5 Å². The highest BCUT2D eigenvalue weighted by atomic mass is 16.4. The fraction of sp³-hybridized carbons (Fsp3) is 0.286. The molecular formula is C14H17N3O. The molecule has 0 fully saturated rings. The summed E-state index contributed by atoms with van der Waals surface area (Å²) < 4.78 is 2.12. The minimum atomic E-state index is 0.317. The van der Waals surface area contributed by atoms with Crippen LogP contribution in [-0.2, 0) is 0 Å². The average Bonchev–Trinajstić information content (AvgIpc) is 2.91. The smallest absolute Gasteiger partial charge is 0.0951 e. The van der Waals surface area contributed by atoms with E-state index >= 15 is 0 Å². The average molecular weight is 243 g/mol. The minimum Gasteiger partial charge on any atom is -0.411 e. The molecule has 0 aliphatic rings. The maximum Gasteiger partial charge on any atom is 0.0951 e. The van der Waals surface area contributed by atoms with Gasteiger partial charge in [0.25, 0.3) is 0 Å². The number of oxime groups is 1. The van der Waals surface area contributed by atoms with Crippen LogP contribution in [0.4, 0.5) is 0 Å². The Morgan fingerprint density at radius 2 is 2.17 bits per heavy atom. The molecule has 4 nitrogen and oxygen atoms in total. The fourth-order valence-corrected chi connectivity index (χ4v) is 2.09. The van der Waals surface area contributed by atoms with E-state index in [0.717, 1.165) is 18.4 Å². The molecule has 0 amide bonds. The van der Waals surface area contributed by atoms with Crippen molar-refractivity contribution in [3.8, 4) is 0 Å². The lowest BCUT2D eigenvalue weighted by atomic mass is 10.0. The second-order valence-corrected chi connectivity index (χ2v) is 4.23. The van der Waals surface area contributed by atoms with E-state index in [1.54, 1.807) is 6.20 Å². The van der Waals surface area contributed by atoms with E-state index in [9.17, 15) is 0 Å². The van der Waals surface area contributed by atoms with Crippen LogP contribution in [0.3, 0.4) is 0 Å². The standard InChI is InChI=1S/C14H17N3O/c1-2-3-14(17-9-8-15-11-17)13-6-4-12(5-7-13)10-16-18/h4-11,14,18H,2-3H2,1H3. The van der Waals surface area contributed by atoms with E-state index < -0.39 is 0 Å². The van der Waals surface area contributed by atoms with Gasteiger partial charge in [0.1, 0.15) is 0 Å². The highest BCUT2D eigenvalue weighted by molar-refractivity contribution is 5.78. The van der Waals surface area contributed by atoms with Crippen LogP contribution in [0, 0.1) is 0 Å². The number of hydrogen-bond acceptors (Lipinski definition) is 3. The Bertz CT molecular complexity index is 488. The topological polar surface area (TPSA) is 50.4 Å². The molecule has 2 aromatic rings. The predicted octanol–water partition coefficient (Wildman–Crippen LogP) is 3.08. The van der Waals surface area contributed by atoms with Crippen molar-refractivity contribution in [3.05, 3.63) is 54.1 Å². The van der Waals surface area contributed by atoms with Gasteiger partial charge in [0, 0.05) is 12.4 Å². The van der Waals surface area contributed by atoms with E-state index in [1.165, 1.54) is 11.8 Å². The van der Waals surface area contributed by atoms with Crippen LogP contribution in [0.1, 0.15) is 36.9 Å². The van der Waals surface area contributed by atoms with Crippen molar-refractivity contribution in [2.45, 2.75) is 25.8 Å². The zero-order valence-electron chi connectivity index (χ0n) is 10.4. The molecule has 94 valence electrons. The fourth-order valence-electron chi connectivity index (χ4n) is 2.09. The van der Waals surface area contributed by atoms with Gasteiger partial charge >= 0.3 is 0 Å². The maximum atomic E-state index is 8.49. The van der Waals surface area contributed by atoms with Crippen molar-refractivity contribution >= 4 is 6.21 Å². The lowest BCUT2D eigenvalue weighted by molar-refractivity contribution is 0.322. The lowest BCUT2D eigenvalue weighted by Crippen LogP contribution is -2.08. The van der Waals surface area contributed by atoms with Gasteiger partial charge in [-0.3, -0.25) is 0 Å². The van der Waals surface area contributed by atoms with Crippen LogP contribution in [0.5, 0.6) is 0 Å². The van der Waals surface area contributed by atoms with Crippen LogP contribution in [0.15, 0.2) is 48.1 Å². The second-order valence-electron chi connectivity index (χ2n) is 4.23. The van der Waals surface area contributed by atoms with Crippen molar-refractivity contribution in [2.75, 3.05) is 0 Å². The predicted molar refractivity (Wildman–Crippen MR) is 71.1 cm³/mol. The zero-order chi connectivity index (χ0) is 12.8. The van der Waals surface area contributed by atoms with Gasteiger partial charge in [-0.15, -0.1) is 0 Å². The van der Waals surface area contributed by atoms with E-state index in [0.29, 0.717) is 6.04 Å². The summed E-state index contributed by atoms with van der Waals surface area (Å²) in [6.45, 7) is 2.18. The summed E-state index contributed by atoms with van der Waals surface area (Å²) in [7, 11) is 0. The molecule has 0 radical (unpaired) electrons. The van der Waals surface area contributed by atoms with E-state index in [1.807, 2.05) is 24.7 Å². The van der Waals surface area contributed by atoms with E-state index in [2.05, 4.69) is 33.8 Å². The molecule has 0 spiro atoms. The third kappa shape index (κ3) is 2.77. The number of hydrogen-bond donors (Lipinski definition) is 1. The zero-order valence-corrected chi connectivity index (χ0v) is 10.4. The second kappa shape index (κ2) is 6.00. The van der Waals surface area contributed by atoms with Gasteiger partial charge in [-0.2, -0.15) is 0 Å². The molecule has 0 aliphatic heterocycles. The Balaban J connectivity index is 2.25. The Morgan fingerprint density at radius 3 is 2.72 bits per heavy atom. The van der Waals surface area contributed by atoms with E-state index in [-0.39, 0.29) is 0 Å². The third-order valence-electron chi connectivity index (χ3n) is 2.97. The van der Waals surface area contributed by atoms with Crippen LogP contribution in [0.2, 0.25) is 0 Å². The monoisotopic (exact) mass is 243 g/mol. The molecule has 2 rings (SSSR count). The van der Waals surface area contributed by atoms with Crippen LogP contribution < -0.4 is 0 Å². The van der Waals surface area contributed by atoms with Crippen molar-refractivity contribution in [3.63, 3.8) is 0 Å². The summed E-state index contributed by atoms with van der Waals surface area (Å²) in [6, 6.07) is 8.36. The molecule has 1 aromatic carbocycles. The summed E-state index contributed by atoms with van der Waals surface area (Å²) in [4.78, 5) is 4.11. The van der Waals surface area contributed by atoms with Crippen molar-refractivity contribution in [1.29, 1.82) is 0 Å². The van der Waals surface area contributed by atoms with Crippen LogP contribution in [-0.4, -0.2) is 21.0 Å².